The molecule has 6 nitrogen and oxygen atoms in total. The fourth-order valence-electron chi connectivity index (χ4n) is 7.26. The smallest absolute Gasteiger partial charge is 0.253 e. The first-order valence-corrected chi connectivity index (χ1v) is 16.5. The number of pyridine rings is 1. The van der Waals surface area contributed by atoms with Gasteiger partial charge in [0.15, 0.2) is 0 Å². The molecule has 1 amide bonds. The predicted molar refractivity (Wildman–Crippen MR) is 171 cm³/mol. The van der Waals surface area contributed by atoms with Gasteiger partial charge in [0.2, 0.25) is 5.91 Å². The summed E-state index contributed by atoms with van der Waals surface area (Å²) in [6.07, 6.45) is 7.28. The minimum absolute atomic E-state index is 0.0378. The third-order valence-corrected chi connectivity index (χ3v) is 10.1. The Bertz CT molecular complexity index is 1530. The molecule has 1 aliphatic carbocycles. The van der Waals surface area contributed by atoms with Gasteiger partial charge in [-0.25, -0.2) is 4.98 Å². The molecule has 1 saturated carbocycles. The Balaban J connectivity index is 1.36. The van der Waals surface area contributed by atoms with Crippen molar-refractivity contribution in [3.05, 3.63) is 98.2 Å². The summed E-state index contributed by atoms with van der Waals surface area (Å²) in [6.45, 7) is 4.94. The largest absolute Gasteiger partial charge is 0.337 e. The quantitative estimate of drug-likeness (QED) is 0.238. The number of rotatable bonds is 9. The highest BCUT2D eigenvalue weighted by Crippen LogP contribution is 2.38. The molecule has 2 N–H and O–H groups in total. The number of aromatic nitrogens is 2. The summed E-state index contributed by atoms with van der Waals surface area (Å²) in [5.74, 6) is 1.24. The van der Waals surface area contributed by atoms with E-state index >= 15 is 0 Å². The molecule has 3 heterocycles. The topological polar surface area (TPSA) is 78.1 Å². The van der Waals surface area contributed by atoms with E-state index in [1.165, 1.54) is 12.0 Å². The van der Waals surface area contributed by atoms with Crippen molar-refractivity contribution in [3.63, 3.8) is 0 Å². The van der Waals surface area contributed by atoms with Gasteiger partial charge in [-0.05, 0) is 86.7 Å². The first-order valence-electron chi connectivity index (χ1n) is 15.6. The van der Waals surface area contributed by atoms with Crippen LogP contribution in [0.3, 0.4) is 0 Å². The van der Waals surface area contributed by atoms with Crippen LogP contribution in [0.15, 0.2) is 70.3 Å². The molecular formula is C35H42N4O2S. The molecule has 2 aromatic carbocycles. The maximum Gasteiger partial charge on any atom is 0.253 e. The second kappa shape index (κ2) is 13.3. The SMILES string of the molecule is Cc1ccc2[nH]c(=O)c(CN(CC(c3ccccc3)C3CCNCC3Cc3cscn3)C(=O)C3CCCCC3)cc2c1. The van der Waals surface area contributed by atoms with E-state index in [-0.39, 0.29) is 23.3 Å². The molecule has 0 spiro atoms. The minimum atomic E-state index is -0.104. The zero-order chi connectivity index (χ0) is 28.9. The van der Waals surface area contributed by atoms with E-state index in [1.807, 2.05) is 28.6 Å². The number of aryl methyl sites for hydroxylation is 1. The van der Waals surface area contributed by atoms with Gasteiger partial charge in [-0.1, -0.05) is 61.2 Å². The zero-order valence-corrected chi connectivity index (χ0v) is 25.4. The summed E-state index contributed by atoms with van der Waals surface area (Å²) in [6, 6.07) is 18.8. The van der Waals surface area contributed by atoms with Crippen LogP contribution in [-0.2, 0) is 17.8 Å². The molecule has 0 radical (unpaired) electrons. The van der Waals surface area contributed by atoms with Crippen LogP contribution in [0.25, 0.3) is 10.9 Å². The van der Waals surface area contributed by atoms with Gasteiger partial charge in [-0.2, -0.15) is 0 Å². The van der Waals surface area contributed by atoms with Crippen molar-refractivity contribution < 1.29 is 4.79 Å². The van der Waals surface area contributed by atoms with Crippen LogP contribution in [0.5, 0.6) is 0 Å². The molecule has 4 aromatic rings. The number of thiazole rings is 1. The standard InChI is InChI=1S/C35H42N4O2S/c1-24-12-13-33-27(16-24)17-29(34(40)38-33)20-39(35(41)26-10-6-3-7-11-26)21-32(25-8-4-2-5-9-25)31-14-15-36-19-28(31)18-30-22-42-23-37-30/h2,4-5,8-9,12-13,16-17,22-23,26,28,31-32,36H,3,6-7,10-11,14-15,18-21H2,1H3,(H,38,40). The number of nitrogens with one attached hydrogen (secondary N) is 2. The van der Waals surface area contributed by atoms with Crippen molar-refractivity contribution in [1.29, 1.82) is 0 Å². The van der Waals surface area contributed by atoms with Gasteiger partial charge in [-0.3, -0.25) is 9.59 Å². The van der Waals surface area contributed by atoms with E-state index in [2.05, 4.69) is 64.0 Å². The Labute approximate surface area is 252 Å². The number of carbonyl (C=O) groups is 1. The van der Waals surface area contributed by atoms with Gasteiger partial charge in [0.1, 0.15) is 0 Å². The third kappa shape index (κ3) is 6.68. The van der Waals surface area contributed by atoms with Crippen molar-refractivity contribution in [1.82, 2.24) is 20.2 Å². The van der Waals surface area contributed by atoms with Crippen LogP contribution in [0.1, 0.15) is 66.8 Å². The van der Waals surface area contributed by atoms with E-state index in [9.17, 15) is 9.59 Å². The van der Waals surface area contributed by atoms with Crippen LogP contribution >= 0.6 is 11.3 Å². The van der Waals surface area contributed by atoms with Crippen molar-refractivity contribution in [2.24, 2.45) is 17.8 Å². The normalized spacial score (nSPS) is 20.4. The van der Waals surface area contributed by atoms with E-state index in [1.54, 1.807) is 11.3 Å². The molecule has 0 bridgehead atoms. The van der Waals surface area contributed by atoms with Crippen molar-refractivity contribution in [2.45, 2.75) is 64.3 Å². The summed E-state index contributed by atoms with van der Waals surface area (Å²) < 4.78 is 0. The summed E-state index contributed by atoms with van der Waals surface area (Å²) in [7, 11) is 0. The summed E-state index contributed by atoms with van der Waals surface area (Å²) >= 11 is 1.65. The molecule has 7 heteroatoms. The fraction of sp³-hybridized carbons (Fsp3) is 0.457. The number of H-pyrrole nitrogens is 1. The average Bonchev–Trinajstić information content (AvgIpc) is 3.54. The minimum Gasteiger partial charge on any atom is -0.337 e. The summed E-state index contributed by atoms with van der Waals surface area (Å²) in [5, 5.41) is 6.80. The predicted octanol–water partition coefficient (Wildman–Crippen LogP) is 6.45. The third-order valence-electron chi connectivity index (χ3n) is 9.49. The molecule has 220 valence electrons. The van der Waals surface area contributed by atoms with Crippen LogP contribution in [0.4, 0.5) is 0 Å². The Morgan fingerprint density at radius 3 is 2.69 bits per heavy atom. The maximum atomic E-state index is 14.3. The lowest BCUT2D eigenvalue weighted by Gasteiger charge is -2.41. The highest BCUT2D eigenvalue weighted by atomic mass is 32.1. The number of fused-ring (bicyclic) bond motifs is 1. The zero-order valence-electron chi connectivity index (χ0n) is 24.6. The molecule has 2 aliphatic rings. The average molecular weight is 583 g/mol. The van der Waals surface area contributed by atoms with Crippen LogP contribution < -0.4 is 10.9 Å². The van der Waals surface area contributed by atoms with Gasteiger partial charge in [0.05, 0.1) is 17.7 Å². The van der Waals surface area contributed by atoms with Crippen LogP contribution in [0.2, 0.25) is 0 Å². The van der Waals surface area contributed by atoms with Crippen LogP contribution in [0, 0.1) is 24.7 Å². The van der Waals surface area contributed by atoms with Gasteiger partial charge in [0, 0.05) is 34.8 Å². The Morgan fingerprint density at radius 2 is 1.90 bits per heavy atom. The number of hydrogen-bond donors (Lipinski definition) is 2. The number of carbonyl (C=O) groups excluding carboxylic acids is 1. The van der Waals surface area contributed by atoms with E-state index in [0.29, 0.717) is 30.5 Å². The summed E-state index contributed by atoms with van der Waals surface area (Å²) in [4.78, 5) is 37.4. The lowest BCUT2D eigenvalue weighted by Crippen LogP contribution is -2.45. The van der Waals surface area contributed by atoms with Gasteiger partial charge in [-0.15, -0.1) is 11.3 Å². The molecule has 1 aliphatic heterocycles. The van der Waals surface area contributed by atoms with Crippen molar-refractivity contribution in [3.8, 4) is 0 Å². The molecule has 2 aromatic heterocycles. The lowest BCUT2D eigenvalue weighted by atomic mass is 9.72. The molecule has 2 fully saturated rings. The molecule has 42 heavy (non-hydrogen) atoms. The molecular weight excluding hydrogens is 540 g/mol. The molecule has 3 atom stereocenters. The van der Waals surface area contributed by atoms with Gasteiger partial charge >= 0.3 is 0 Å². The molecule has 1 saturated heterocycles. The first-order chi connectivity index (χ1) is 20.5. The van der Waals surface area contributed by atoms with Crippen LogP contribution in [-0.4, -0.2) is 40.4 Å². The summed E-state index contributed by atoms with van der Waals surface area (Å²) in [5.41, 5.74) is 6.89. The Kier molecular flexibility index (Phi) is 9.15. The molecule has 3 unspecified atom stereocenters. The number of hydrogen-bond acceptors (Lipinski definition) is 5. The monoisotopic (exact) mass is 582 g/mol. The number of amides is 1. The van der Waals surface area contributed by atoms with Crippen molar-refractivity contribution in [2.75, 3.05) is 19.6 Å². The lowest BCUT2D eigenvalue weighted by molar-refractivity contribution is -0.137. The van der Waals surface area contributed by atoms with E-state index < -0.39 is 0 Å². The molecule has 6 rings (SSSR count). The number of nitrogens with zero attached hydrogens (tertiary/aromatic N) is 2. The van der Waals surface area contributed by atoms with Gasteiger partial charge in [0.25, 0.3) is 5.56 Å². The van der Waals surface area contributed by atoms with E-state index in [0.717, 1.165) is 73.8 Å². The Hall–Kier alpha value is -3.29. The second-order valence-corrected chi connectivity index (χ2v) is 13.1. The number of aromatic amines is 1. The van der Waals surface area contributed by atoms with Crippen molar-refractivity contribution >= 4 is 28.1 Å². The van der Waals surface area contributed by atoms with E-state index in [4.69, 9.17) is 0 Å². The number of piperidine rings is 1. The van der Waals surface area contributed by atoms with Gasteiger partial charge < -0.3 is 15.2 Å². The fourth-order valence-corrected chi connectivity index (χ4v) is 7.83. The maximum absolute atomic E-state index is 14.3. The highest BCUT2D eigenvalue weighted by Gasteiger charge is 2.36. The number of benzene rings is 2. The first kappa shape index (κ1) is 28.8. The second-order valence-electron chi connectivity index (χ2n) is 12.4. The highest BCUT2D eigenvalue weighted by molar-refractivity contribution is 7.07. The Morgan fingerprint density at radius 1 is 1.07 bits per heavy atom.